The van der Waals surface area contributed by atoms with Crippen LogP contribution >= 0.6 is 0 Å². The number of hydrogen-bond acceptors (Lipinski definition) is 8. The van der Waals surface area contributed by atoms with E-state index in [1.54, 1.807) is 17.9 Å². The van der Waals surface area contributed by atoms with Crippen LogP contribution in [0.25, 0.3) is 0 Å². The fourth-order valence-corrected chi connectivity index (χ4v) is 6.86. The van der Waals surface area contributed by atoms with Crippen molar-refractivity contribution in [1.29, 1.82) is 0 Å². The molecule has 0 spiro atoms. The molecule has 1 saturated carbocycles. The number of amides is 2. The van der Waals surface area contributed by atoms with Gasteiger partial charge in [0, 0.05) is 64.3 Å². The molecule has 1 aromatic heterocycles. The Morgan fingerprint density at radius 3 is 2.41 bits per heavy atom. The number of nitrogens with zero attached hydrogens (tertiary/aromatic N) is 5. The van der Waals surface area contributed by atoms with E-state index >= 15 is 0 Å². The van der Waals surface area contributed by atoms with E-state index in [0.29, 0.717) is 31.9 Å². The van der Waals surface area contributed by atoms with Crippen molar-refractivity contribution in [2.45, 2.75) is 89.1 Å². The van der Waals surface area contributed by atoms with Crippen LogP contribution in [0.4, 0.5) is 5.82 Å². The molecular formula is C31H42N6O4. The number of benzene rings is 1. The van der Waals surface area contributed by atoms with Crippen LogP contribution in [0.3, 0.4) is 0 Å². The van der Waals surface area contributed by atoms with Crippen molar-refractivity contribution in [3.63, 3.8) is 0 Å². The smallest absolute Gasteiger partial charge is 0.319 e. The number of likely N-dealkylation sites (tertiary alicyclic amines) is 2. The van der Waals surface area contributed by atoms with E-state index < -0.39 is 6.10 Å². The number of aliphatic hydroxyl groups excluding tert-OH is 1. The third-order valence-electron chi connectivity index (χ3n) is 9.25. The Hall–Kier alpha value is -3.24. The maximum atomic E-state index is 13.7. The van der Waals surface area contributed by atoms with Crippen molar-refractivity contribution >= 4 is 17.6 Å². The number of anilines is 1. The van der Waals surface area contributed by atoms with Crippen LogP contribution in [0.5, 0.6) is 6.01 Å². The van der Waals surface area contributed by atoms with Crippen molar-refractivity contribution in [3.05, 3.63) is 47.2 Å². The van der Waals surface area contributed by atoms with Crippen molar-refractivity contribution in [2.24, 2.45) is 0 Å². The van der Waals surface area contributed by atoms with Crippen LogP contribution in [0.2, 0.25) is 0 Å². The number of aliphatic hydroxyl groups is 1. The van der Waals surface area contributed by atoms with Crippen LogP contribution in [0.1, 0.15) is 73.5 Å². The van der Waals surface area contributed by atoms with Crippen LogP contribution in [0.15, 0.2) is 30.3 Å². The minimum absolute atomic E-state index is 0.0252. The Morgan fingerprint density at radius 2 is 1.68 bits per heavy atom. The predicted octanol–water partition coefficient (Wildman–Crippen LogP) is 2.85. The Kier molecular flexibility index (Phi) is 8.39. The molecule has 0 unspecified atom stereocenters. The molecule has 6 rings (SSSR count). The number of rotatable bonds is 6. The van der Waals surface area contributed by atoms with Crippen LogP contribution in [0, 0.1) is 0 Å². The molecule has 4 heterocycles. The van der Waals surface area contributed by atoms with E-state index in [9.17, 15) is 14.7 Å². The Labute approximate surface area is 242 Å². The van der Waals surface area contributed by atoms with E-state index in [2.05, 4.69) is 44.5 Å². The fourth-order valence-electron chi connectivity index (χ4n) is 6.86. The standard InChI is InChI=1S/C31H42N6O4/c1-21(38)35-15-11-24(12-16-35)32-29-18-26(33-31(34-29)41-25-8-4-5-9-25)30(40)37-17-13-27(28(39)20-37)36-14-10-22-6-2-3-7-23(22)19-36/h2-3,6-7,18,24-25,27-28,39H,4-5,8-17,19-20H2,1H3,(H,32,33,34)/t27-,28-/m1/s1. The first-order valence-electron chi connectivity index (χ1n) is 15.3. The lowest BCUT2D eigenvalue weighted by Crippen LogP contribution is -2.56. The molecule has 10 nitrogen and oxygen atoms in total. The zero-order valence-corrected chi connectivity index (χ0v) is 24.0. The van der Waals surface area contributed by atoms with Gasteiger partial charge in [0.05, 0.1) is 6.10 Å². The lowest BCUT2D eigenvalue weighted by atomic mass is 9.94. The lowest BCUT2D eigenvalue weighted by Gasteiger charge is -2.43. The van der Waals surface area contributed by atoms with E-state index in [1.807, 2.05) is 4.90 Å². The minimum Gasteiger partial charge on any atom is -0.460 e. The Bertz CT molecular complexity index is 1240. The molecule has 10 heteroatoms. The number of fused-ring (bicyclic) bond motifs is 1. The number of carbonyl (C=O) groups is 2. The van der Waals surface area contributed by atoms with Crippen molar-refractivity contribution in [3.8, 4) is 6.01 Å². The van der Waals surface area contributed by atoms with Gasteiger partial charge in [-0.1, -0.05) is 24.3 Å². The maximum Gasteiger partial charge on any atom is 0.319 e. The number of nitrogens with one attached hydrogen (secondary N) is 1. The normalized spacial score (nSPS) is 24.2. The molecule has 0 bridgehead atoms. The summed E-state index contributed by atoms with van der Waals surface area (Å²) in [7, 11) is 0. The molecule has 41 heavy (non-hydrogen) atoms. The first kappa shape index (κ1) is 27.9. The third kappa shape index (κ3) is 6.48. The minimum atomic E-state index is -0.627. The monoisotopic (exact) mass is 562 g/mol. The van der Waals surface area contributed by atoms with Crippen molar-refractivity contribution in [1.82, 2.24) is 24.7 Å². The third-order valence-corrected chi connectivity index (χ3v) is 9.25. The molecule has 1 aliphatic carbocycles. The number of hydrogen-bond donors (Lipinski definition) is 2. The summed E-state index contributed by atoms with van der Waals surface area (Å²) < 4.78 is 6.14. The van der Waals surface area contributed by atoms with Crippen molar-refractivity contribution in [2.75, 3.05) is 38.0 Å². The number of ether oxygens (including phenoxy) is 1. The Morgan fingerprint density at radius 1 is 0.951 bits per heavy atom. The molecule has 2 aromatic rings. The molecule has 2 atom stereocenters. The fraction of sp³-hybridized carbons (Fsp3) is 0.613. The zero-order chi connectivity index (χ0) is 28.3. The zero-order valence-electron chi connectivity index (χ0n) is 24.0. The number of carbonyl (C=O) groups excluding carboxylic acids is 2. The van der Waals surface area contributed by atoms with E-state index in [-0.39, 0.29) is 48.3 Å². The van der Waals surface area contributed by atoms with E-state index in [1.165, 1.54) is 11.1 Å². The summed E-state index contributed by atoms with van der Waals surface area (Å²) in [4.78, 5) is 40.6. The average molecular weight is 563 g/mol. The number of β-amino-alcohol motifs (C(OH)–C–C–N with tert-alkyl or cyclic N) is 1. The summed E-state index contributed by atoms with van der Waals surface area (Å²) in [5, 5.41) is 14.7. The average Bonchev–Trinajstić information content (AvgIpc) is 3.49. The van der Waals surface area contributed by atoms with Crippen LogP contribution in [-0.2, 0) is 17.8 Å². The molecule has 4 aliphatic rings. The van der Waals surface area contributed by atoms with Gasteiger partial charge in [0.15, 0.2) is 0 Å². The number of piperidine rings is 2. The highest BCUT2D eigenvalue weighted by Crippen LogP contribution is 2.28. The molecule has 220 valence electrons. The van der Waals surface area contributed by atoms with Gasteiger partial charge in [-0.2, -0.15) is 9.97 Å². The van der Waals surface area contributed by atoms with Gasteiger partial charge in [0.1, 0.15) is 17.6 Å². The van der Waals surface area contributed by atoms with Gasteiger partial charge in [0.2, 0.25) is 5.91 Å². The highest BCUT2D eigenvalue weighted by atomic mass is 16.5. The second-order valence-corrected chi connectivity index (χ2v) is 12.0. The second-order valence-electron chi connectivity index (χ2n) is 12.0. The summed E-state index contributed by atoms with van der Waals surface area (Å²) in [6.07, 6.45) is 6.94. The molecule has 0 radical (unpaired) electrons. The largest absolute Gasteiger partial charge is 0.460 e. The van der Waals surface area contributed by atoms with Crippen LogP contribution in [-0.4, -0.2) is 98.6 Å². The summed E-state index contributed by atoms with van der Waals surface area (Å²) in [6.45, 7) is 5.59. The topological polar surface area (TPSA) is 111 Å². The van der Waals surface area contributed by atoms with Crippen molar-refractivity contribution < 1.29 is 19.4 Å². The van der Waals surface area contributed by atoms with Gasteiger partial charge in [-0.05, 0) is 62.5 Å². The quantitative estimate of drug-likeness (QED) is 0.553. The van der Waals surface area contributed by atoms with Gasteiger partial charge in [-0.3, -0.25) is 14.5 Å². The summed E-state index contributed by atoms with van der Waals surface area (Å²) >= 11 is 0. The molecule has 2 amide bonds. The van der Waals surface area contributed by atoms with Gasteiger partial charge >= 0.3 is 6.01 Å². The summed E-state index contributed by atoms with van der Waals surface area (Å²) in [5.41, 5.74) is 3.00. The molecule has 3 aliphatic heterocycles. The molecule has 2 N–H and O–H groups in total. The molecular weight excluding hydrogens is 520 g/mol. The second kappa shape index (κ2) is 12.3. The molecule has 1 aromatic carbocycles. The lowest BCUT2D eigenvalue weighted by molar-refractivity contribution is -0.129. The van der Waals surface area contributed by atoms with Gasteiger partial charge in [-0.25, -0.2) is 0 Å². The van der Waals surface area contributed by atoms with Gasteiger partial charge < -0.3 is 25.0 Å². The van der Waals surface area contributed by atoms with Crippen LogP contribution < -0.4 is 10.1 Å². The first-order chi connectivity index (χ1) is 19.9. The highest BCUT2D eigenvalue weighted by molar-refractivity contribution is 5.93. The van der Waals surface area contributed by atoms with Gasteiger partial charge in [0.25, 0.3) is 5.91 Å². The predicted molar refractivity (Wildman–Crippen MR) is 155 cm³/mol. The molecule has 3 fully saturated rings. The molecule has 2 saturated heterocycles. The van der Waals surface area contributed by atoms with E-state index in [4.69, 9.17) is 4.74 Å². The summed E-state index contributed by atoms with van der Waals surface area (Å²) in [5.74, 6) is 0.460. The number of aromatic nitrogens is 2. The Balaban J connectivity index is 1.13. The van der Waals surface area contributed by atoms with E-state index in [0.717, 1.165) is 58.0 Å². The first-order valence-corrected chi connectivity index (χ1v) is 15.3. The van der Waals surface area contributed by atoms with Gasteiger partial charge in [-0.15, -0.1) is 0 Å². The summed E-state index contributed by atoms with van der Waals surface area (Å²) in [6, 6.07) is 10.6. The highest BCUT2D eigenvalue weighted by Gasteiger charge is 2.36. The maximum absolute atomic E-state index is 13.7. The SMILES string of the molecule is CC(=O)N1CCC(Nc2cc(C(=O)N3CC[C@@H](N4CCc5ccccc5C4)[C@H](O)C3)nc(OC3CCCC3)n2)CC1.